The van der Waals surface area contributed by atoms with Crippen molar-refractivity contribution in [1.29, 1.82) is 0 Å². The topological polar surface area (TPSA) is 92.1 Å². The maximum absolute atomic E-state index is 11.0. The van der Waals surface area contributed by atoms with Crippen molar-refractivity contribution in [3.05, 3.63) is 5.89 Å². The average molecular weight is 241 g/mol. The number of rotatable bonds is 7. The average Bonchev–Trinajstić information content (AvgIpc) is 2.73. The molecule has 0 unspecified atom stereocenters. The Bertz CT molecular complexity index is 350. The molecule has 0 radical (unpaired) electrons. The number of nitrogens with one attached hydrogen (secondary N) is 3. The fourth-order valence-corrected chi connectivity index (χ4v) is 1.11. The Morgan fingerprint density at radius 1 is 1.41 bits per heavy atom. The molecule has 0 atom stereocenters. The van der Waals surface area contributed by atoms with Crippen LogP contribution in [0.15, 0.2) is 4.42 Å². The number of anilines is 1. The van der Waals surface area contributed by atoms with Crippen LogP contribution in [0.1, 0.15) is 19.7 Å². The zero-order chi connectivity index (χ0) is 12.7. The third kappa shape index (κ3) is 5.30. The van der Waals surface area contributed by atoms with Crippen LogP contribution in [0, 0.1) is 5.92 Å². The second-order valence-corrected chi connectivity index (χ2v) is 4.05. The summed E-state index contributed by atoms with van der Waals surface area (Å²) in [5.41, 5.74) is 0. The minimum absolute atomic E-state index is 0.123. The van der Waals surface area contributed by atoms with Crippen molar-refractivity contribution >= 4 is 11.9 Å². The maximum Gasteiger partial charge on any atom is 0.315 e. The van der Waals surface area contributed by atoms with Crippen LogP contribution in [0.5, 0.6) is 0 Å². The van der Waals surface area contributed by atoms with E-state index in [0.29, 0.717) is 18.4 Å². The molecule has 0 saturated heterocycles. The van der Waals surface area contributed by atoms with Crippen LogP contribution < -0.4 is 16.0 Å². The number of carbonyl (C=O) groups excluding carboxylic acids is 1. The largest absolute Gasteiger partial charge is 0.407 e. The molecule has 3 N–H and O–H groups in total. The van der Waals surface area contributed by atoms with Gasteiger partial charge in [-0.25, -0.2) is 0 Å². The minimum Gasteiger partial charge on any atom is -0.407 e. The molecule has 0 aliphatic rings. The Morgan fingerprint density at radius 3 is 2.82 bits per heavy atom. The van der Waals surface area contributed by atoms with Gasteiger partial charge in [0.15, 0.2) is 0 Å². The van der Waals surface area contributed by atoms with Crippen LogP contribution in [0.3, 0.4) is 0 Å². The van der Waals surface area contributed by atoms with E-state index in [4.69, 9.17) is 4.42 Å². The third-order valence-electron chi connectivity index (χ3n) is 1.97. The second kappa shape index (κ2) is 6.85. The molecule has 0 bridgehead atoms. The highest BCUT2D eigenvalue weighted by Gasteiger charge is 2.06. The van der Waals surface area contributed by atoms with Gasteiger partial charge in [0.1, 0.15) is 0 Å². The predicted octanol–water partition coefficient (Wildman–Crippen LogP) is -0.0269. The molecule has 17 heavy (non-hydrogen) atoms. The normalized spacial score (nSPS) is 10.6. The quantitative estimate of drug-likeness (QED) is 0.621. The molecular formula is C10H19N5O2. The molecule has 7 heteroatoms. The smallest absolute Gasteiger partial charge is 0.315 e. The fourth-order valence-electron chi connectivity index (χ4n) is 1.11. The Morgan fingerprint density at radius 2 is 2.18 bits per heavy atom. The van der Waals surface area contributed by atoms with Crippen molar-refractivity contribution in [2.75, 3.05) is 25.5 Å². The van der Waals surface area contributed by atoms with Crippen LogP contribution in [0.4, 0.5) is 6.01 Å². The van der Waals surface area contributed by atoms with E-state index in [0.717, 1.165) is 6.54 Å². The number of amides is 1. The molecule has 0 fully saturated rings. The van der Waals surface area contributed by atoms with Gasteiger partial charge in [-0.05, 0) is 12.5 Å². The molecule has 1 aromatic heterocycles. The number of hydrogen-bond acceptors (Lipinski definition) is 6. The Labute approximate surface area is 100 Å². The Kier molecular flexibility index (Phi) is 5.41. The molecule has 0 aromatic carbocycles. The Balaban J connectivity index is 2.30. The summed E-state index contributed by atoms with van der Waals surface area (Å²) < 4.78 is 5.28. The zero-order valence-electron chi connectivity index (χ0n) is 10.4. The first kappa shape index (κ1) is 13.4. The van der Waals surface area contributed by atoms with Crippen molar-refractivity contribution < 1.29 is 9.21 Å². The van der Waals surface area contributed by atoms with Crippen LogP contribution in [-0.4, -0.2) is 36.2 Å². The first-order chi connectivity index (χ1) is 8.11. The van der Waals surface area contributed by atoms with E-state index in [1.165, 1.54) is 0 Å². The van der Waals surface area contributed by atoms with E-state index in [9.17, 15) is 4.79 Å². The number of hydrogen-bond donors (Lipinski definition) is 3. The molecule has 1 amide bonds. The van der Waals surface area contributed by atoms with E-state index in [1.807, 2.05) is 0 Å². The first-order valence-electron chi connectivity index (χ1n) is 5.59. The van der Waals surface area contributed by atoms with Gasteiger partial charge < -0.3 is 20.4 Å². The first-order valence-corrected chi connectivity index (χ1v) is 5.59. The van der Waals surface area contributed by atoms with Crippen LogP contribution in [-0.2, 0) is 11.3 Å². The summed E-state index contributed by atoms with van der Waals surface area (Å²) in [5, 5.41) is 16.0. The molecule has 0 aliphatic carbocycles. The van der Waals surface area contributed by atoms with Crippen molar-refractivity contribution in [3.8, 4) is 0 Å². The standard InChI is InChI=1S/C10H19N5O2/c1-7(2)4-12-6-9-14-15-10(17-9)13-5-8(16)11-3/h7,12H,4-6H2,1-3H3,(H,11,16)(H,13,15). The molecular weight excluding hydrogens is 222 g/mol. The molecule has 1 aromatic rings. The van der Waals surface area contributed by atoms with Crippen molar-refractivity contribution in [2.24, 2.45) is 5.92 Å². The molecule has 1 heterocycles. The minimum atomic E-state index is -0.136. The molecule has 0 saturated carbocycles. The van der Waals surface area contributed by atoms with E-state index in [2.05, 4.69) is 40.0 Å². The van der Waals surface area contributed by atoms with Crippen molar-refractivity contribution in [2.45, 2.75) is 20.4 Å². The zero-order valence-corrected chi connectivity index (χ0v) is 10.4. The molecule has 0 spiro atoms. The highest BCUT2D eigenvalue weighted by molar-refractivity contribution is 5.79. The molecule has 1 rings (SSSR count). The fraction of sp³-hybridized carbons (Fsp3) is 0.700. The Hall–Kier alpha value is -1.63. The van der Waals surface area contributed by atoms with Crippen molar-refractivity contribution in [1.82, 2.24) is 20.8 Å². The summed E-state index contributed by atoms with van der Waals surface area (Å²) in [4.78, 5) is 11.0. The molecule has 96 valence electrons. The van der Waals surface area contributed by atoms with Gasteiger partial charge in [-0.15, -0.1) is 5.10 Å². The number of carbonyl (C=O) groups is 1. The van der Waals surface area contributed by atoms with E-state index >= 15 is 0 Å². The van der Waals surface area contributed by atoms with Crippen LogP contribution in [0.2, 0.25) is 0 Å². The lowest BCUT2D eigenvalue weighted by molar-refractivity contribution is -0.118. The van der Waals surface area contributed by atoms with Crippen LogP contribution >= 0.6 is 0 Å². The van der Waals surface area contributed by atoms with Gasteiger partial charge >= 0.3 is 6.01 Å². The summed E-state index contributed by atoms with van der Waals surface area (Å²) in [6.45, 7) is 5.79. The maximum atomic E-state index is 11.0. The summed E-state index contributed by atoms with van der Waals surface area (Å²) in [5.74, 6) is 0.941. The summed E-state index contributed by atoms with van der Waals surface area (Å²) in [6, 6.07) is 0.259. The van der Waals surface area contributed by atoms with E-state index in [1.54, 1.807) is 7.05 Å². The van der Waals surface area contributed by atoms with E-state index < -0.39 is 0 Å². The SMILES string of the molecule is CNC(=O)CNc1nnc(CNCC(C)C)o1. The second-order valence-electron chi connectivity index (χ2n) is 4.05. The molecule has 0 aliphatic heterocycles. The van der Waals surface area contributed by atoms with Gasteiger partial charge in [0.2, 0.25) is 11.8 Å². The van der Waals surface area contributed by atoms with Crippen molar-refractivity contribution in [3.63, 3.8) is 0 Å². The summed E-state index contributed by atoms with van der Waals surface area (Å²) in [7, 11) is 1.57. The van der Waals surface area contributed by atoms with Gasteiger partial charge in [0.25, 0.3) is 0 Å². The summed E-state index contributed by atoms with van der Waals surface area (Å²) >= 11 is 0. The lowest BCUT2D eigenvalue weighted by Gasteiger charge is -2.03. The predicted molar refractivity (Wildman–Crippen MR) is 63.4 cm³/mol. The lowest BCUT2D eigenvalue weighted by atomic mass is 10.2. The third-order valence-corrected chi connectivity index (χ3v) is 1.97. The monoisotopic (exact) mass is 241 g/mol. The number of nitrogens with zero attached hydrogens (tertiary/aromatic N) is 2. The highest BCUT2D eigenvalue weighted by atomic mass is 16.4. The summed E-state index contributed by atoms with van der Waals surface area (Å²) in [6.07, 6.45) is 0. The van der Waals surface area contributed by atoms with Crippen LogP contribution in [0.25, 0.3) is 0 Å². The highest BCUT2D eigenvalue weighted by Crippen LogP contribution is 2.04. The van der Waals surface area contributed by atoms with Gasteiger partial charge in [-0.3, -0.25) is 4.79 Å². The van der Waals surface area contributed by atoms with Gasteiger partial charge in [0.05, 0.1) is 13.1 Å². The number of aromatic nitrogens is 2. The van der Waals surface area contributed by atoms with Gasteiger partial charge in [-0.1, -0.05) is 18.9 Å². The van der Waals surface area contributed by atoms with Gasteiger partial charge in [0, 0.05) is 7.05 Å². The lowest BCUT2D eigenvalue weighted by Crippen LogP contribution is -2.26. The van der Waals surface area contributed by atoms with E-state index in [-0.39, 0.29) is 18.5 Å². The van der Waals surface area contributed by atoms with Gasteiger partial charge in [-0.2, -0.15) is 0 Å². The molecule has 7 nitrogen and oxygen atoms in total. The number of likely N-dealkylation sites (N-methyl/N-ethyl adjacent to an activating group) is 1.